The van der Waals surface area contributed by atoms with Gasteiger partial charge in [-0.25, -0.2) is 4.79 Å². The fourth-order valence-corrected chi connectivity index (χ4v) is 3.75. The number of rotatable bonds is 8. The maximum absolute atomic E-state index is 13.9. The van der Waals surface area contributed by atoms with Gasteiger partial charge < -0.3 is 20.3 Å². The fourth-order valence-electron chi connectivity index (χ4n) is 2.68. The number of aliphatic carboxylic acids is 1. The Bertz CT molecular complexity index is 1070. The summed E-state index contributed by atoms with van der Waals surface area (Å²) < 4.78 is 92.6. The number of halogens is 6. The van der Waals surface area contributed by atoms with Crippen molar-refractivity contribution in [3.8, 4) is 5.75 Å². The van der Waals surface area contributed by atoms with Gasteiger partial charge in [-0.15, -0.1) is 0 Å². The summed E-state index contributed by atoms with van der Waals surface area (Å²) in [6, 6.07) is 7.17. The number of hydrogen-bond acceptors (Lipinski definition) is 5. The average molecular weight is 511 g/mol. The van der Waals surface area contributed by atoms with Crippen molar-refractivity contribution in [2.75, 3.05) is 6.61 Å². The fraction of sp³-hybridized carbons (Fsp3) is 0.333. The smallest absolute Gasteiger partial charge is 0.418 e. The minimum Gasteiger partial charge on any atom is -0.491 e. The lowest BCUT2D eigenvalue weighted by molar-refractivity contribution is -0.164. The van der Waals surface area contributed by atoms with Gasteiger partial charge in [-0.05, 0) is 32.0 Å². The molecule has 0 unspecified atom stereocenters. The number of carbonyl (C=O) groups excluding carboxylic acids is 1. The minimum absolute atomic E-state index is 0.00959. The maximum atomic E-state index is 13.9. The van der Waals surface area contributed by atoms with Crippen molar-refractivity contribution in [2.24, 2.45) is 11.1 Å². The second-order valence-electron chi connectivity index (χ2n) is 7.60. The van der Waals surface area contributed by atoms with Gasteiger partial charge in [0, 0.05) is 10.5 Å². The van der Waals surface area contributed by atoms with E-state index in [1.807, 2.05) is 0 Å². The van der Waals surface area contributed by atoms with Gasteiger partial charge in [-0.1, -0.05) is 30.0 Å². The number of ether oxygens (including phenoxy) is 2. The second-order valence-corrected chi connectivity index (χ2v) is 8.69. The van der Waals surface area contributed by atoms with Crippen LogP contribution in [0, 0.1) is 5.41 Å². The number of hydrogen-bond donors (Lipinski definition) is 2. The Labute approximate surface area is 194 Å². The zero-order valence-corrected chi connectivity index (χ0v) is 18.5. The largest absolute Gasteiger partial charge is 0.491 e. The lowest BCUT2D eigenvalue weighted by Gasteiger charge is -2.23. The lowest BCUT2D eigenvalue weighted by atomic mass is 9.95. The van der Waals surface area contributed by atoms with Gasteiger partial charge in [-0.3, -0.25) is 4.79 Å². The summed E-state index contributed by atoms with van der Waals surface area (Å²) >= 11 is 0.365. The molecule has 3 N–H and O–H groups in total. The van der Waals surface area contributed by atoms with E-state index in [0.717, 1.165) is 12.1 Å². The van der Waals surface area contributed by atoms with E-state index >= 15 is 0 Å². The molecule has 0 heterocycles. The normalized spacial score (nSPS) is 12.4. The zero-order valence-electron chi connectivity index (χ0n) is 17.7. The number of para-hydroxylation sites is 1. The second kappa shape index (κ2) is 10.0. The van der Waals surface area contributed by atoms with Crippen LogP contribution < -0.4 is 10.5 Å². The molecule has 13 heteroatoms. The molecular formula is C21H19F6NO5S. The Kier molecular flexibility index (Phi) is 8.02. The van der Waals surface area contributed by atoms with Crippen molar-refractivity contribution in [3.63, 3.8) is 0 Å². The highest BCUT2D eigenvalue weighted by Crippen LogP contribution is 2.49. The topological polar surface area (TPSA) is 98.9 Å². The Morgan fingerprint density at radius 3 is 2.06 bits per heavy atom. The molecule has 0 spiro atoms. The molecule has 186 valence electrons. The molecule has 34 heavy (non-hydrogen) atoms. The molecule has 6 nitrogen and oxygen atoms in total. The average Bonchev–Trinajstić information content (AvgIpc) is 2.70. The molecule has 2 aromatic rings. The number of nitrogens with two attached hydrogens (primary N) is 1. The highest BCUT2D eigenvalue weighted by atomic mass is 32.2. The molecular weight excluding hydrogens is 492 g/mol. The first-order chi connectivity index (χ1) is 15.5. The van der Waals surface area contributed by atoms with Gasteiger partial charge in [0.2, 0.25) is 0 Å². The summed E-state index contributed by atoms with van der Waals surface area (Å²) in [6.45, 7) is 1.29. The molecule has 0 radical (unpaired) electrons. The van der Waals surface area contributed by atoms with Crippen molar-refractivity contribution < 1.29 is 50.5 Å². The lowest BCUT2D eigenvalue weighted by Crippen LogP contribution is -2.30. The molecule has 2 rings (SSSR count). The maximum Gasteiger partial charge on any atom is 0.418 e. The van der Waals surface area contributed by atoms with Gasteiger partial charge in [0.25, 0.3) is 0 Å². The summed E-state index contributed by atoms with van der Waals surface area (Å²) in [4.78, 5) is 21.3. The Morgan fingerprint density at radius 2 is 1.53 bits per heavy atom. The molecule has 0 fully saturated rings. The highest BCUT2D eigenvalue weighted by Gasteiger charge is 2.47. The first-order valence-electron chi connectivity index (χ1n) is 9.39. The van der Waals surface area contributed by atoms with E-state index in [4.69, 9.17) is 10.5 Å². The molecule has 0 aliphatic heterocycles. The predicted octanol–water partition coefficient (Wildman–Crippen LogP) is 5.96. The van der Waals surface area contributed by atoms with Crippen LogP contribution in [0.4, 0.5) is 31.1 Å². The van der Waals surface area contributed by atoms with Crippen molar-refractivity contribution in [3.05, 3.63) is 53.1 Å². The Hall–Kier alpha value is -3.09. The Balaban J connectivity index is 2.57. The van der Waals surface area contributed by atoms with Gasteiger partial charge >= 0.3 is 24.4 Å². The molecule has 0 saturated carbocycles. The third kappa shape index (κ3) is 6.72. The molecule has 0 saturated heterocycles. The number of carbonyl (C=O) groups is 2. The number of primary amides is 1. The molecule has 2 aromatic carbocycles. The minimum atomic E-state index is -5.43. The van der Waals surface area contributed by atoms with E-state index in [0.29, 0.717) is 11.8 Å². The summed E-state index contributed by atoms with van der Waals surface area (Å²) in [7, 11) is 0. The number of carboxylic acids is 1. The molecule has 1 amide bonds. The van der Waals surface area contributed by atoms with Crippen LogP contribution in [-0.4, -0.2) is 23.8 Å². The van der Waals surface area contributed by atoms with Gasteiger partial charge in [0.05, 0.1) is 21.4 Å². The van der Waals surface area contributed by atoms with Gasteiger partial charge in [0.1, 0.15) is 19.0 Å². The number of alkyl halides is 6. The molecule has 0 bridgehead atoms. The van der Waals surface area contributed by atoms with Crippen molar-refractivity contribution in [1.29, 1.82) is 0 Å². The molecule has 0 aromatic heterocycles. The third-order valence-electron chi connectivity index (χ3n) is 4.43. The third-order valence-corrected chi connectivity index (χ3v) is 5.54. The first-order valence-corrected chi connectivity index (χ1v) is 10.2. The van der Waals surface area contributed by atoms with Crippen LogP contribution >= 0.6 is 11.8 Å². The quantitative estimate of drug-likeness (QED) is 0.425. The molecule has 0 aliphatic rings. The van der Waals surface area contributed by atoms with Crippen LogP contribution in [0.1, 0.15) is 30.5 Å². The van der Waals surface area contributed by atoms with E-state index in [9.17, 15) is 41.0 Å². The Morgan fingerprint density at radius 1 is 0.941 bits per heavy atom. The van der Waals surface area contributed by atoms with Crippen molar-refractivity contribution in [1.82, 2.24) is 0 Å². The molecule has 0 aliphatic carbocycles. The number of carboxylic acid groups (broad SMARTS) is 1. The van der Waals surface area contributed by atoms with E-state index < -0.39 is 58.0 Å². The zero-order chi connectivity index (χ0) is 25.9. The van der Waals surface area contributed by atoms with Gasteiger partial charge in [-0.2, -0.15) is 26.3 Å². The van der Waals surface area contributed by atoms with Gasteiger partial charge in [0.15, 0.2) is 0 Å². The highest BCUT2D eigenvalue weighted by molar-refractivity contribution is 7.99. The van der Waals surface area contributed by atoms with E-state index in [1.165, 1.54) is 38.1 Å². The standard InChI is InChI=1S/C21H19F6NO5S/c1-19(2,17(29)30)10-33-12-5-3-4-6-13(12)34-14-8-7-11(9-32-18(28)31)15(20(22,23)24)16(14)21(25,26)27/h3-8H,9-10H2,1-2H3,(H2,28,31)(H,29,30). The van der Waals surface area contributed by atoms with E-state index in [-0.39, 0.29) is 17.3 Å². The monoisotopic (exact) mass is 511 g/mol. The van der Waals surface area contributed by atoms with E-state index in [1.54, 1.807) is 0 Å². The summed E-state index contributed by atoms with van der Waals surface area (Å²) in [5.41, 5.74) is -1.49. The van der Waals surface area contributed by atoms with Crippen molar-refractivity contribution in [2.45, 2.75) is 42.6 Å². The number of amides is 1. The van der Waals surface area contributed by atoms with Crippen molar-refractivity contribution >= 4 is 23.8 Å². The first kappa shape index (κ1) is 27.2. The number of benzene rings is 2. The van der Waals surface area contributed by atoms with Crippen LogP contribution in [0.2, 0.25) is 0 Å². The van der Waals surface area contributed by atoms with Crippen LogP contribution in [0.25, 0.3) is 0 Å². The molecule has 0 atom stereocenters. The van der Waals surface area contributed by atoms with Crippen LogP contribution in [0.5, 0.6) is 5.75 Å². The van der Waals surface area contributed by atoms with E-state index in [2.05, 4.69) is 4.74 Å². The summed E-state index contributed by atoms with van der Waals surface area (Å²) in [5.74, 6) is -1.19. The van der Waals surface area contributed by atoms with Crippen LogP contribution in [-0.2, 0) is 28.5 Å². The summed E-state index contributed by atoms with van der Waals surface area (Å²) in [6.07, 6.45) is -12.3. The SMILES string of the molecule is CC(C)(COc1ccccc1Sc1ccc(COC(N)=O)c(C(F)(F)F)c1C(F)(F)F)C(=O)O. The van der Waals surface area contributed by atoms with Crippen LogP contribution in [0.15, 0.2) is 46.2 Å². The summed E-state index contributed by atoms with van der Waals surface area (Å²) in [5, 5.41) is 9.20. The predicted molar refractivity (Wildman–Crippen MR) is 108 cm³/mol. The van der Waals surface area contributed by atoms with Crippen LogP contribution in [0.3, 0.4) is 0 Å².